The smallest absolute Gasteiger partial charge is 0.186 e. The lowest BCUT2D eigenvalue weighted by Gasteiger charge is -2.49. The molecule has 0 radical (unpaired) electrons. The summed E-state index contributed by atoms with van der Waals surface area (Å²) < 4.78 is 38.1. The molecule has 4 rings (SSSR count). The molecule has 1 aromatic carbocycles. The van der Waals surface area contributed by atoms with Crippen LogP contribution in [0.25, 0.3) is 0 Å². The Hall–Kier alpha value is -1.06. The number of benzene rings is 1. The summed E-state index contributed by atoms with van der Waals surface area (Å²) in [5, 5.41) is 11.5. The summed E-state index contributed by atoms with van der Waals surface area (Å²) >= 11 is 0. The molecule has 0 saturated carbocycles. The number of aliphatic hydroxyl groups is 1. The molecule has 7 heteroatoms. The van der Waals surface area contributed by atoms with E-state index in [1.807, 2.05) is 32.0 Å². The summed E-state index contributed by atoms with van der Waals surface area (Å²) in [4.78, 5) is 0. The predicted octanol–water partition coefficient (Wildman–Crippen LogP) is 5.43. The third-order valence-corrected chi connectivity index (χ3v) is 10.2. The maximum atomic E-state index is 11.5. The summed E-state index contributed by atoms with van der Waals surface area (Å²) in [5.41, 5.74) is 1.14. The Morgan fingerprint density at radius 2 is 1.26 bits per heavy atom. The van der Waals surface area contributed by atoms with E-state index in [0.29, 0.717) is 31.0 Å². The van der Waals surface area contributed by atoms with Gasteiger partial charge in [-0.2, -0.15) is 0 Å². The quantitative estimate of drug-likeness (QED) is 0.464. The van der Waals surface area contributed by atoms with E-state index in [0.717, 1.165) is 5.56 Å². The van der Waals surface area contributed by atoms with Gasteiger partial charge >= 0.3 is 0 Å². The number of aliphatic hydroxyl groups excluding tert-OH is 1. The first-order valence-corrected chi connectivity index (χ1v) is 15.1. The van der Waals surface area contributed by atoms with Crippen LogP contribution >= 0.6 is 0 Å². The van der Waals surface area contributed by atoms with E-state index in [4.69, 9.17) is 28.4 Å². The van der Waals surface area contributed by atoms with Crippen molar-refractivity contribution in [3.63, 3.8) is 0 Å². The van der Waals surface area contributed by atoms with Crippen molar-refractivity contribution in [2.45, 2.75) is 124 Å². The molecule has 3 saturated heterocycles. The number of hydrogen-bond acceptors (Lipinski definition) is 7. The number of rotatable bonds is 8. The molecule has 0 amide bonds. The van der Waals surface area contributed by atoms with Crippen molar-refractivity contribution in [1.82, 2.24) is 0 Å². The normalized spacial score (nSPS) is 47.2. The molecule has 222 valence electrons. The summed E-state index contributed by atoms with van der Waals surface area (Å²) in [6.07, 6.45) is -2.99. The van der Waals surface area contributed by atoms with Crippen LogP contribution in [0.15, 0.2) is 30.3 Å². The van der Waals surface area contributed by atoms with Gasteiger partial charge in [0.15, 0.2) is 12.6 Å². The number of ether oxygens (including phenoxy) is 6. The van der Waals surface area contributed by atoms with Crippen molar-refractivity contribution in [1.29, 1.82) is 0 Å². The molecule has 0 aromatic heterocycles. The Labute approximate surface area is 235 Å². The maximum absolute atomic E-state index is 11.5. The summed E-state index contributed by atoms with van der Waals surface area (Å²) in [6.45, 7) is 20.3. The maximum Gasteiger partial charge on any atom is 0.186 e. The molecule has 6 unspecified atom stereocenters. The van der Waals surface area contributed by atoms with Crippen LogP contribution in [0.3, 0.4) is 0 Å². The third kappa shape index (κ3) is 6.88. The molecule has 3 aliphatic heterocycles. The fourth-order valence-corrected chi connectivity index (χ4v) is 6.40. The van der Waals surface area contributed by atoms with Crippen LogP contribution in [-0.2, 0) is 35.0 Å². The van der Waals surface area contributed by atoms with Crippen LogP contribution < -0.4 is 0 Å². The zero-order chi connectivity index (χ0) is 28.4. The standard InChI is InChI=1S/C32H52O7/c1-17-19(3)27(16-34-15-26-13-11-10-12-14-26)37-31(21(17)5)39-30-22(6)24(8)36-32(28(30)33)38-29-20(4)18(2)23(7)35-25(29)9/h10-14,17-25,27-33H,15-16H2,1-9H3/t17?,18-,19+,20+,21?,22+,23?,24?,25+,27+,28?,29?,30+,31-,32+/m1/s1. The lowest BCUT2D eigenvalue weighted by molar-refractivity contribution is -0.349. The van der Waals surface area contributed by atoms with Gasteiger partial charge in [0.2, 0.25) is 0 Å². The van der Waals surface area contributed by atoms with E-state index in [2.05, 4.69) is 60.6 Å². The molecular weight excluding hydrogens is 496 g/mol. The second-order valence-corrected chi connectivity index (χ2v) is 12.6. The van der Waals surface area contributed by atoms with Crippen molar-refractivity contribution < 1.29 is 33.5 Å². The molecule has 1 aromatic rings. The summed E-state index contributed by atoms with van der Waals surface area (Å²) in [5.74, 6) is 1.44. The van der Waals surface area contributed by atoms with Crippen LogP contribution in [0.5, 0.6) is 0 Å². The Balaban J connectivity index is 1.41. The van der Waals surface area contributed by atoms with Gasteiger partial charge in [-0.1, -0.05) is 71.9 Å². The molecule has 3 heterocycles. The molecule has 3 aliphatic rings. The summed E-state index contributed by atoms with van der Waals surface area (Å²) in [6, 6.07) is 10.2. The Bertz CT molecular complexity index is 883. The molecule has 0 aliphatic carbocycles. The van der Waals surface area contributed by atoms with Gasteiger partial charge in [-0.3, -0.25) is 0 Å². The molecule has 0 spiro atoms. The molecule has 3 fully saturated rings. The lowest BCUT2D eigenvalue weighted by atomic mass is 9.79. The molecule has 39 heavy (non-hydrogen) atoms. The van der Waals surface area contributed by atoms with Crippen LogP contribution in [0.1, 0.15) is 67.9 Å². The van der Waals surface area contributed by atoms with Crippen LogP contribution in [0.4, 0.5) is 0 Å². The van der Waals surface area contributed by atoms with Gasteiger partial charge in [0, 0.05) is 11.8 Å². The van der Waals surface area contributed by atoms with E-state index in [9.17, 15) is 5.11 Å². The van der Waals surface area contributed by atoms with Crippen LogP contribution in [0, 0.1) is 35.5 Å². The van der Waals surface area contributed by atoms with E-state index in [1.54, 1.807) is 0 Å². The first kappa shape index (κ1) is 30.9. The first-order valence-electron chi connectivity index (χ1n) is 15.1. The van der Waals surface area contributed by atoms with E-state index >= 15 is 0 Å². The minimum atomic E-state index is -0.941. The monoisotopic (exact) mass is 548 g/mol. The molecule has 7 nitrogen and oxygen atoms in total. The van der Waals surface area contributed by atoms with Crippen molar-refractivity contribution in [2.24, 2.45) is 35.5 Å². The highest BCUT2D eigenvalue weighted by atomic mass is 16.7. The van der Waals surface area contributed by atoms with Gasteiger partial charge in [0.1, 0.15) is 6.10 Å². The van der Waals surface area contributed by atoms with E-state index in [1.165, 1.54) is 0 Å². The average Bonchev–Trinajstić information content (AvgIpc) is 2.92. The average molecular weight is 549 g/mol. The highest BCUT2D eigenvalue weighted by Crippen LogP contribution is 2.40. The zero-order valence-electron chi connectivity index (χ0n) is 25.4. The van der Waals surface area contributed by atoms with Gasteiger partial charge in [-0.15, -0.1) is 0 Å². The highest BCUT2D eigenvalue weighted by Gasteiger charge is 2.49. The predicted molar refractivity (Wildman–Crippen MR) is 150 cm³/mol. The zero-order valence-corrected chi connectivity index (χ0v) is 25.4. The van der Waals surface area contributed by atoms with Crippen LogP contribution in [-0.4, -0.2) is 67.0 Å². The van der Waals surface area contributed by atoms with Crippen molar-refractivity contribution in [2.75, 3.05) is 6.61 Å². The first-order chi connectivity index (χ1) is 18.5. The Morgan fingerprint density at radius 1 is 0.615 bits per heavy atom. The van der Waals surface area contributed by atoms with Gasteiger partial charge in [0.25, 0.3) is 0 Å². The van der Waals surface area contributed by atoms with Crippen LogP contribution in [0.2, 0.25) is 0 Å². The van der Waals surface area contributed by atoms with Gasteiger partial charge < -0.3 is 33.5 Å². The van der Waals surface area contributed by atoms with Crippen molar-refractivity contribution in [3.05, 3.63) is 35.9 Å². The fourth-order valence-electron chi connectivity index (χ4n) is 6.40. The van der Waals surface area contributed by atoms with Gasteiger partial charge in [0.05, 0.1) is 49.8 Å². The van der Waals surface area contributed by atoms with E-state index in [-0.39, 0.29) is 48.3 Å². The molecule has 0 bridgehead atoms. The Kier molecular flexibility index (Phi) is 10.5. The minimum absolute atomic E-state index is 0.0329. The molecule has 1 N–H and O–H groups in total. The topological polar surface area (TPSA) is 75.6 Å². The number of hydrogen-bond donors (Lipinski definition) is 1. The SMILES string of the molecule is CC1C(C)[C@H](C)[C@H](COCc2ccccc2)O[C@@H]1O[C@@H]1C(O)[C@H](OC2[C@H](C)OC(C)[C@H](C)[C@@H]2C)OC(C)[C@@H]1C. The van der Waals surface area contributed by atoms with E-state index < -0.39 is 24.8 Å². The largest absolute Gasteiger partial charge is 0.385 e. The van der Waals surface area contributed by atoms with Crippen molar-refractivity contribution >= 4 is 0 Å². The fraction of sp³-hybridized carbons (Fsp3) is 0.812. The third-order valence-electron chi connectivity index (χ3n) is 10.2. The highest BCUT2D eigenvalue weighted by molar-refractivity contribution is 5.13. The lowest BCUT2D eigenvalue weighted by Crippen LogP contribution is -2.60. The molecular formula is C32H52O7. The van der Waals surface area contributed by atoms with Gasteiger partial charge in [-0.25, -0.2) is 0 Å². The van der Waals surface area contributed by atoms with Gasteiger partial charge in [-0.05, 0) is 50.0 Å². The minimum Gasteiger partial charge on any atom is -0.385 e. The van der Waals surface area contributed by atoms with Crippen molar-refractivity contribution in [3.8, 4) is 0 Å². The Morgan fingerprint density at radius 3 is 1.95 bits per heavy atom. The molecule has 15 atom stereocenters. The second-order valence-electron chi connectivity index (χ2n) is 12.6. The second kappa shape index (κ2) is 13.3. The summed E-state index contributed by atoms with van der Waals surface area (Å²) in [7, 11) is 0.